The Hall–Kier alpha value is -0.870. The van der Waals surface area contributed by atoms with Gasteiger partial charge in [-0.25, -0.2) is 4.98 Å². The number of fused-ring (bicyclic) bond motifs is 1. The molecule has 0 aliphatic heterocycles. The normalized spacial score (nSPS) is 11.1. The van der Waals surface area contributed by atoms with Gasteiger partial charge in [-0.1, -0.05) is 0 Å². The number of nitrogens with zero attached hydrogens (tertiary/aromatic N) is 2. The summed E-state index contributed by atoms with van der Waals surface area (Å²) in [5.74, 6) is 0. The highest BCUT2D eigenvalue weighted by molar-refractivity contribution is 9.10. The number of hydrogen-bond acceptors (Lipinski definition) is 2. The van der Waals surface area contributed by atoms with Crippen molar-refractivity contribution in [2.75, 3.05) is 7.11 Å². The van der Waals surface area contributed by atoms with Crippen LogP contribution in [0.5, 0.6) is 0 Å². The predicted octanol–water partition coefficient (Wildman–Crippen LogP) is 2.55. The number of halogens is 1. The topological polar surface area (TPSA) is 26.5 Å². The van der Waals surface area contributed by atoms with Crippen LogP contribution < -0.4 is 0 Å². The van der Waals surface area contributed by atoms with E-state index in [0.29, 0.717) is 6.61 Å². The minimum absolute atomic E-state index is 0.554. The van der Waals surface area contributed by atoms with Crippen molar-refractivity contribution in [1.29, 1.82) is 0 Å². The summed E-state index contributed by atoms with van der Waals surface area (Å²) >= 11 is 3.48. The van der Waals surface area contributed by atoms with Crippen molar-refractivity contribution in [3.8, 4) is 0 Å². The molecule has 3 nitrogen and oxygen atoms in total. The maximum Gasteiger partial charge on any atom is 0.137 e. The van der Waals surface area contributed by atoms with Gasteiger partial charge in [0.1, 0.15) is 5.65 Å². The monoisotopic (exact) mass is 254 g/mol. The summed E-state index contributed by atoms with van der Waals surface area (Å²) < 4.78 is 8.18. The van der Waals surface area contributed by atoms with Crippen molar-refractivity contribution < 1.29 is 4.74 Å². The standard InChI is InChI=1S/C10H11BrN2O/c1-7-9(11)3-4-10-12-8(6-14-2)5-13(7)10/h3-5H,6H2,1-2H3. The zero-order valence-corrected chi connectivity index (χ0v) is 9.71. The number of aryl methyl sites for hydroxylation is 1. The smallest absolute Gasteiger partial charge is 0.137 e. The average Bonchev–Trinajstić information content (AvgIpc) is 2.56. The Labute approximate surface area is 90.8 Å². The molecule has 2 aromatic rings. The molecule has 2 heterocycles. The van der Waals surface area contributed by atoms with E-state index in [9.17, 15) is 0 Å². The van der Waals surface area contributed by atoms with E-state index in [1.54, 1.807) is 7.11 Å². The SMILES string of the molecule is COCc1cn2c(C)c(Br)ccc2n1. The Morgan fingerprint density at radius 1 is 1.50 bits per heavy atom. The van der Waals surface area contributed by atoms with Crippen LogP contribution in [-0.4, -0.2) is 16.5 Å². The molecule has 0 saturated heterocycles. The molecule has 0 atom stereocenters. The van der Waals surface area contributed by atoms with Crippen LogP contribution in [0, 0.1) is 6.92 Å². The van der Waals surface area contributed by atoms with Crippen molar-refractivity contribution >= 4 is 21.6 Å². The van der Waals surface area contributed by atoms with Gasteiger partial charge < -0.3 is 9.14 Å². The molecule has 0 fully saturated rings. The lowest BCUT2D eigenvalue weighted by Gasteiger charge is -2.00. The van der Waals surface area contributed by atoms with Crippen molar-refractivity contribution in [2.45, 2.75) is 13.5 Å². The van der Waals surface area contributed by atoms with E-state index >= 15 is 0 Å². The van der Waals surface area contributed by atoms with Crippen LogP contribution in [0.2, 0.25) is 0 Å². The molecule has 0 aromatic carbocycles. The molecule has 0 aliphatic rings. The van der Waals surface area contributed by atoms with Crippen molar-refractivity contribution in [1.82, 2.24) is 9.38 Å². The molecule has 74 valence electrons. The number of pyridine rings is 1. The maximum atomic E-state index is 5.04. The van der Waals surface area contributed by atoms with Crippen molar-refractivity contribution in [2.24, 2.45) is 0 Å². The number of imidazole rings is 1. The van der Waals surface area contributed by atoms with E-state index in [2.05, 4.69) is 32.2 Å². The second-order valence-electron chi connectivity index (χ2n) is 3.16. The van der Waals surface area contributed by atoms with Gasteiger partial charge in [-0.15, -0.1) is 0 Å². The molecular weight excluding hydrogens is 244 g/mol. The lowest BCUT2D eigenvalue weighted by Crippen LogP contribution is -1.89. The molecule has 2 aromatic heterocycles. The molecule has 2 rings (SSSR count). The lowest BCUT2D eigenvalue weighted by atomic mass is 10.4. The number of rotatable bonds is 2. The third-order valence-corrected chi connectivity index (χ3v) is 3.00. The molecule has 0 amide bonds. The van der Waals surface area contributed by atoms with Gasteiger partial charge >= 0.3 is 0 Å². The quantitative estimate of drug-likeness (QED) is 0.824. The van der Waals surface area contributed by atoms with Crippen LogP contribution in [0.4, 0.5) is 0 Å². The first-order valence-corrected chi connectivity index (χ1v) is 5.13. The average molecular weight is 255 g/mol. The third-order valence-electron chi connectivity index (χ3n) is 2.16. The fraction of sp³-hybridized carbons (Fsp3) is 0.300. The van der Waals surface area contributed by atoms with E-state index < -0.39 is 0 Å². The highest BCUT2D eigenvalue weighted by Crippen LogP contribution is 2.18. The summed E-state index contributed by atoms with van der Waals surface area (Å²) in [5, 5.41) is 0. The van der Waals surface area contributed by atoms with Crippen LogP contribution in [0.1, 0.15) is 11.4 Å². The van der Waals surface area contributed by atoms with E-state index in [1.165, 1.54) is 0 Å². The number of aromatic nitrogens is 2. The largest absolute Gasteiger partial charge is 0.378 e. The highest BCUT2D eigenvalue weighted by atomic mass is 79.9. The van der Waals surface area contributed by atoms with Gasteiger partial charge in [0.15, 0.2) is 0 Å². The predicted molar refractivity (Wildman–Crippen MR) is 58.3 cm³/mol. The second-order valence-corrected chi connectivity index (χ2v) is 4.01. The Bertz CT molecular complexity index is 464. The lowest BCUT2D eigenvalue weighted by molar-refractivity contribution is 0.182. The number of ether oxygens (including phenoxy) is 1. The van der Waals surface area contributed by atoms with Crippen LogP contribution in [-0.2, 0) is 11.3 Å². The van der Waals surface area contributed by atoms with Gasteiger partial charge in [0.05, 0.1) is 12.3 Å². The van der Waals surface area contributed by atoms with Crippen LogP contribution in [0.15, 0.2) is 22.8 Å². The summed E-state index contributed by atoms with van der Waals surface area (Å²) in [7, 11) is 1.67. The molecule has 14 heavy (non-hydrogen) atoms. The minimum Gasteiger partial charge on any atom is -0.378 e. The molecule has 4 heteroatoms. The first-order valence-electron chi connectivity index (χ1n) is 4.34. The Kier molecular flexibility index (Phi) is 2.56. The fourth-order valence-corrected chi connectivity index (χ4v) is 1.76. The summed E-state index contributed by atoms with van der Waals surface area (Å²) in [5.41, 5.74) is 3.06. The Morgan fingerprint density at radius 2 is 2.29 bits per heavy atom. The zero-order valence-electron chi connectivity index (χ0n) is 8.12. The molecule has 0 bridgehead atoms. The van der Waals surface area contributed by atoms with Gasteiger partial charge in [0.2, 0.25) is 0 Å². The van der Waals surface area contributed by atoms with E-state index in [-0.39, 0.29) is 0 Å². The van der Waals surface area contributed by atoms with Crippen molar-refractivity contribution in [3.05, 3.63) is 34.2 Å². The van der Waals surface area contributed by atoms with Gasteiger partial charge in [-0.2, -0.15) is 0 Å². The second kappa shape index (κ2) is 3.71. The minimum atomic E-state index is 0.554. The Balaban J connectivity index is 2.59. The molecule has 0 aliphatic carbocycles. The molecule has 0 N–H and O–H groups in total. The van der Waals surface area contributed by atoms with Crippen LogP contribution in [0.25, 0.3) is 5.65 Å². The maximum absolute atomic E-state index is 5.04. The first-order chi connectivity index (χ1) is 6.72. The zero-order chi connectivity index (χ0) is 10.1. The third kappa shape index (κ3) is 1.55. The summed E-state index contributed by atoms with van der Waals surface area (Å²) in [4.78, 5) is 4.42. The molecule has 0 unspecified atom stereocenters. The number of methoxy groups -OCH3 is 1. The van der Waals surface area contributed by atoms with Gasteiger partial charge in [0, 0.05) is 23.5 Å². The summed E-state index contributed by atoms with van der Waals surface area (Å²) in [6.45, 7) is 2.61. The van der Waals surface area contributed by atoms with Gasteiger partial charge in [-0.05, 0) is 35.0 Å². The fourth-order valence-electron chi connectivity index (χ4n) is 1.43. The molecule has 0 radical (unpaired) electrons. The van der Waals surface area contributed by atoms with E-state index in [4.69, 9.17) is 4.74 Å². The first kappa shape index (κ1) is 9.68. The molecule has 0 saturated carbocycles. The summed E-state index contributed by atoms with van der Waals surface area (Å²) in [6.07, 6.45) is 2.00. The van der Waals surface area contributed by atoms with E-state index in [1.807, 2.05) is 18.3 Å². The van der Waals surface area contributed by atoms with E-state index in [0.717, 1.165) is 21.5 Å². The summed E-state index contributed by atoms with van der Waals surface area (Å²) in [6, 6.07) is 3.99. The molecule has 0 spiro atoms. The van der Waals surface area contributed by atoms with Crippen LogP contribution in [0.3, 0.4) is 0 Å². The Morgan fingerprint density at radius 3 is 3.00 bits per heavy atom. The van der Waals surface area contributed by atoms with Crippen LogP contribution >= 0.6 is 15.9 Å². The van der Waals surface area contributed by atoms with Gasteiger partial charge in [0.25, 0.3) is 0 Å². The van der Waals surface area contributed by atoms with Crippen molar-refractivity contribution in [3.63, 3.8) is 0 Å². The molecular formula is C10H11BrN2O. The van der Waals surface area contributed by atoms with Gasteiger partial charge in [-0.3, -0.25) is 0 Å². The number of hydrogen-bond donors (Lipinski definition) is 0. The highest BCUT2D eigenvalue weighted by Gasteiger charge is 2.04.